The van der Waals surface area contributed by atoms with E-state index in [-0.39, 0.29) is 18.2 Å². The molecule has 4 aliphatic rings. The third kappa shape index (κ3) is 7.47. The molecule has 0 bridgehead atoms. The highest BCUT2D eigenvalue weighted by Crippen LogP contribution is 2.37. The van der Waals surface area contributed by atoms with Gasteiger partial charge in [-0.05, 0) is 94.9 Å². The number of aromatic nitrogens is 4. The van der Waals surface area contributed by atoms with Gasteiger partial charge in [0.05, 0.1) is 17.5 Å². The van der Waals surface area contributed by atoms with Crippen LogP contribution in [-0.4, -0.2) is 60.5 Å². The van der Waals surface area contributed by atoms with Crippen molar-refractivity contribution in [3.63, 3.8) is 0 Å². The number of ether oxygens (including phenoxy) is 1. The molecule has 3 fully saturated rings. The molecule has 1 atom stereocenters. The smallest absolute Gasteiger partial charge is 0.256 e. The number of fused-ring (bicyclic) bond motifs is 1. The van der Waals surface area contributed by atoms with Crippen LogP contribution in [0.2, 0.25) is 0 Å². The first-order valence-electron chi connectivity index (χ1n) is 18.6. The average molecular weight is 723 g/mol. The Morgan fingerprint density at radius 2 is 1.77 bits per heavy atom. The van der Waals surface area contributed by atoms with Gasteiger partial charge in [0.25, 0.3) is 5.91 Å². The lowest BCUT2D eigenvalue weighted by Gasteiger charge is -2.30. The summed E-state index contributed by atoms with van der Waals surface area (Å²) in [5.41, 5.74) is 6.10. The van der Waals surface area contributed by atoms with E-state index in [1.54, 1.807) is 4.90 Å². The number of hydrogen-bond donors (Lipinski definition) is 3. The SMILES string of the molecule is CC(C)n1ncc(-c2ccnc(N[C@H]3CC[C@H](NCc4ccc(OCc5scc6c5CN(C5CCC(=O)NC5=O)C6=O)cc4)CC3)n2)c1CC1CC1. The van der Waals surface area contributed by atoms with Gasteiger partial charge in [0.2, 0.25) is 17.8 Å². The minimum absolute atomic E-state index is 0.156. The molecular weight excluding hydrogens is 677 g/mol. The molecule has 3 amide bonds. The van der Waals surface area contributed by atoms with Crippen LogP contribution in [0.3, 0.4) is 0 Å². The lowest BCUT2D eigenvalue weighted by molar-refractivity contribution is -0.136. The van der Waals surface area contributed by atoms with Crippen molar-refractivity contribution in [2.24, 2.45) is 5.92 Å². The summed E-state index contributed by atoms with van der Waals surface area (Å²) in [6.45, 7) is 5.87. The molecule has 1 saturated heterocycles. The van der Waals surface area contributed by atoms with Gasteiger partial charge in [0.15, 0.2) is 0 Å². The van der Waals surface area contributed by atoms with E-state index in [0.717, 1.165) is 72.0 Å². The summed E-state index contributed by atoms with van der Waals surface area (Å²) in [5, 5.41) is 16.3. The first kappa shape index (κ1) is 34.5. The van der Waals surface area contributed by atoms with Gasteiger partial charge in [0, 0.05) is 70.9 Å². The lowest BCUT2D eigenvalue weighted by Crippen LogP contribution is -2.52. The number of nitrogens with zero attached hydrogens (tertiary/aromatic N) is 5. The average Bonchev–Trinajstić information content (AvgIpc) is 3.57. The van der Waals surface area contributed by atoms with Crippen LogP contribution in [0.15, 0.2) is 48.1 Å². The Labute approximate surface area is 307 Å². The van der Waals surface area contributed by atoms with E-state index in [0.29, 0.717) is 49.2 Å². The highest BCUT2D eigenvalue weighted by molar-refractivity contribution is 7.10. The Morgan fingerprint density at radius 1 is 0.981 bits per heavy atom. The molecule has 13 heteroatoms. The molecule has 12 nitrogen and oxygen atoms in total. The van der Waals surface area contributed by atoms with Crippen LogP contribution < -0.4 is 20.7 Å². The van der Waals surface area contributed by atoms with Crippen molar-refractivity contribution in [2.75, 3.05) is 5.32 Å². The molecule has 8 rings (SSSR count). The predicted octanol–water partition coefficient (Wildman–Crippen LogP) is 5.79. The number of thiophene rings is 1. The van der Waals surface area contributed by atoms with Crippen LogP contribution in [0.5, 0.6) is 5.75 Å². The van der Waals surface area contributed by atoms with E-state index < -0.39 is 11.9 Å². The fourth-order valence-electron chi connectivity index (χ4n) is 7.69. The van der Waals surface area contributed by atoms with Gasteiger partial charge < -0.3 is 20.3 Å². The van der Waals surface area contributed by atoms with Crippen molar-refractivity contribution < 1.29 is 19.1 Å². The normalized spacial score (nSPS) is 21.8. The minimum Gasteiger partial charge on any atom is -0.488 e. The lowest BCUT2D eigenvalue weighted by atomic mass is 9.91. The summed E-state index contributed by atoms with van der Waals surface area (Å²) < 4.78 is 8.27. The van der Waals surface area contributed by atoms with Gasteiger partial charge in [-0.25, -0.2) is 9.97 Å². The first-order valence-corrected chi connectivity index (χ1v) is 19.5. The Kier molecular flexibility index (Phi) is 9.80. The second-order valence-corrected chi connectivity index (χ2v) is 15.9. The van der Waals surface area contributed by atoms with Crippen LogP contribution in [-0.2, 0) is 35.7 Å². The molecule has 4 aromatic rings. The van der Waals surface area contributed by atoms with Crippen molar-refractivity contribution in [1.29, 1.82) is 0 Å². The Morgan fingerprint density at radius 3 is 2.52 bits per heavy atom. The van der Waals surface area contributed by atoms with Crippen LogP contribution in [0.25, 0.3) is 11.3 Å². The zero-order chi connectivity index (χ0) is 35.8. The molecule has 52 heavy (non-hydrogen) atoms. The van der Waals surface area contributed by atoms with Crippen LogP contribution >= 0.6 is 11.3 Å². The van der Waals surface area contributed by atoms with Gasteiger partial charge in [-0.15, -0.1) is 11.3 Å². The second kappa shape index (κ2) is 14.8. The summed E-state index contributed by atoms with van der Waals surface area (Å²) in [6.07, 6.45) is 12.4. The monoisotopic (exact) mass is 722 g/mol. The van der Waals surface area contributed by atoms with E-state index in [1.807, 2.05) is 36.0 Å². The van der Waals surface area contributed by atoms with Crippen molar-refractivity contribution in [1.82, 2.24) is 35.3 Å². The predicted molar refractivity (Wildman–Crippen MR) is 198 cm³/mol. The molecule has 0 spiro atoms. The fraction of sp³-hybridized carbons (Fsp3) is 0.487. The highest BCUT2D eigenvalue weighted by atomic mass is 32.1. The molecule has 3 N–H and O–H groups in total. The van der Waals surface area contributed by atoms with Crippen molar-refractivity contribution in [2.45, 2.75) is 115 Å². The van der Waals surface area contributed by atoms with Crippen molar-refractivity contribution in [3.05, 3.63) is 75.4 Å². The number of imide groups is 1. The summed E-state index contributed by atoms with van der Waals surface area (Å²) in [6, 6.07) is 10.7. The van der Waals surface area contributed by atoms with E-state index in [2.05, 4.69) is 51.6 Å². The number of carbonyl (C=O) groups is 3. The molecule has 2 aliphatic heterocycles. The van der Waals surface area contributed by atoms with Crippen LogP contribution in [0.1, 0.15) is 103 Å². The number of anilines is 1. The molecule has 3 aromatic heterocycles. The number of nitrogens with one attached hydrogen (secondary N) is 3. The van der Waals surface area contributed by atoms with E-state index in [9.17, 15) is 14.4 Å². The zero-order valence-electron chi connectivity index (χ0n) is 29.8. The third-order valence-electron chi connectivity index (χ3n) is 10.8. The molecular formula is C39H46N8O4S. The van der Waals surface area contributed by atoms with Gasteiger partial charge >= 0.3 is 0 Å². The quantitative estimate of drug-likeness (QED) is 0.146. The van der Waals surface area contributed by atoms with Gasteiger partial charge in [-0.2, -0.15) is 5.10 Å². The number of hydrogen-bond acceptors (Lipinski definition) is 10. The molecule has 2 aliphatic carbocycles. The fourth-order valence-corrected chi connectivity index (χ4v) is 8.63. The minimum atomic E-state index is -0.612. The van der Waals surface area contributed by atoms with E-state index >= 15 is 0 Å². The standard InChI is InChI=1S/C39H46N8O4S/c1-23(2)47-34(17-24-3-4-24)29(19-42-47)32-15-16-40-39(44-32)43-27-9-7-26(8-10-27)41-18-25-5-11-28(12-6-25)51-21-35-30-20-46(38(50)31(30)22-52-35)33-13-14-36(48)45-37(33)49/h5-6,11-12,15-16,19,22-24,26-27,33,41H,3-4,7-10,13-14,17-18,20-21H2,1-2H3,(H,40,43,44)(H,45,48,49)/t26-,27-,33?. The zero-order valence-corrected chi connectivity index (χ0v) is 30.6. The molecule has 272 valence electrons. The number of piperidine rings is 1. The Bertz CT molecular complexity index is 1940. The number of amides is 3. The number of carbonyl (C=O) groups excluding carboxylic acids is 3. The molecule has 5 heterocycles. The van der Waals surface area contributed by atoms with Gasteiger partial charge in [-0.3, -0.25) is 24.4 Å². The highest BCUT2D eigenvalue weighted by Gasteiger charge is 2.40. The number of rotatable bonds is 13. The molecule has 0 radical (unpaired) electrons. The molecule has 1 aromatic carbocycles. The largest absolute Gasteiger partial charge is 0.488 e. The number of benzene rings is 1. The summed E-state index contributed by atoms with van der Waals surface area (Å²) in [7, 11) is 0. The maximum Gasteiger partial charge on any atom is 0.256 e. The van der Waals surface area contributed by atoms with E-state index in [1.165, 1.54) is 35.4 Å². The molecule has 1 unspecified atom stereocenters. The van der Waals surface area contributed by atoms with E-state index in [4.69, 9.17) is 14.8 Å². The third-order valence-corrected chi connectivity index (χ3v) is 11.8. The summed E-state index contributed by atoms with van der Waals surface area (Å²) in [4.78, 5) is 49.0. The Hall–Kier alpha value is -4.62. The van der Waals surface area contributed by atoms with Gasteiger partial charge in [0.1, 0.15) is 18.4 Å². The second-order valence-electron chi connectivity index (χ2n) is 14.9. The molecule has 2 saturated carbocycles. The summed E-state index contributed by atoms with van der Waals surface area (Å²) >= 11 is 1.51. The van der Waals surface area contributed by atoms with Crippen molar-refractivity contribution >= 4 is 35.0 Å². The maximum atomic E-state index is 13.0. The van der Waals surface area contributed by atoms with Crippen LogP contribution in [0.4, 0.5) is 5.95 Å². The topological polar surface area (TPSA) is 143 Å². The first-order chi connectivity index (χ1) is 25.3. The maximum absolute atomic E-state index is 13.0. The summed E-state index contributed by atoms with van der Waals surface area (Å²) in [5.74, 6) is 1.39. The Balaban J connectivity index is 0.788. The van der Waals surface area contributed by atoms with Crippen LogP contribution in [0, 0.1) is 5.92 Å². The van der Waals surface area contributed by atoms with Gasteiger partial charge in [-0.1, -0.05) is 12.1 Å². The van der Waals surface area contributed by atoms with Crippen molar-refractivity contribution in [3.8, 4) is 17.0 Å².